The summed E-state index contributed by atoms with van der Waals surface area (Å²) in [6.07, 6.45) is 3.48. The molecule has 3 unspecified atom stereocenters. The van der Waals surface area contributed by atoms with Gasteiger partial charge in [-0.1, -0.05) is 24.9 Å². The van der Waals surface area contributed by atoms with Gasteiger partial charge in [-0.15, -0.1) is 0 Å². The molecule has 3 amide bonds. The number of hydrogen-bond donors (Lipinski definition) is 3. The summed E-state index contributed by atoms with van der Waals surface area (Å²) in [6, 6.07) is 0. The van der Waals surface area contributed by atoms with Gasteiger partial charge in [0.15, 0.2) is 0 Å². The van der Waals surface area contributed by atoms with E-state index in [4.69, 9.17) is 0 Å². The molecule has 27 heavy (non-hydrogen) atoms. The molecule has 4 bridgehead atoms. The van der Waals surface area contributed by atoms with E-state index in [0.717, 1.165) is 32.1 Å². The Hall–Kier alpha value is -1.60. The predicted octanol–water partition coefficient (Wildman–Crippen LogP) is 2.74. The van der Waals surface area contributed by atoms with Gasteiger partial charge in [0.2, 0.25) is 5.91 Å². The van der Waals surface area contributed by atoms with Gasteiger partial charge in [0, 0.05) is 16.2 Å². The highest BCUT2D eigenvalue weighted by molar-refractivity contribution is 8.14. The maximum absolute atomic E-state index is 12.7. The minimum Gasteiger partial charge on any atom is -0.370 e. The second-order valence-electron chi connectivity index (χ2n) is 8.56. The van der Waals surface area contributed by atoms with Gasteiger partial charge in [-0.25, -0.2) is 0 Å². The number of amides is 3. The fourth-order valence-corrected chi connectivity index (χ4v) is 6.74. The molecule has 4 aliphatic rings. The van der Waals surface area contributed by atoms with E-state index >= 15 is 0 Å². The Kier molecular flexibility index (Phi) is 5.54. The van der Waals surface area contributed by atoms with Gasteiger partial charge >= 0.3 is 0 Å². The molecule has 4 fully saturated rings. The average Bonchev–Trinajstić information content (AvgIpc) is 2.52. The lowest BCUT2D eigenvalue weighted by molar-refractivity contribution is -0.140. The van der Waals surface area contributed by atoms with Crippen molar-refractivity contribution < 1.29 is 19.5 Å². The van der Waals surface area contributed by atoms with Crippen LogP contribution in [0.25, 0.3) is 0 Å². The van der Waals surface area contributed by atoms with E-state index in [0.29, 0.717) is 17.1 Å². The molecule has 148 valence electrons. The minimum atomic E-state index is -1.04. The van der Waals surface area contributed by atoms with Crippen LogP contribution in [0, 0.1) is 23.7 Å². The van der Waals surface area contributed by atoms with E-state index in [1.165, 1.54) is 11.8 Å². The second-order valence-corrected chi connectivity index (χ2v) is 10.0. The summed E-state index contributed by atoms with van der Waals surface area (Å²) >= 11 is 1.27. The number of thioether (sulfide) groups is 1. The highest BCUT2D eigenvalue weighted by Crippen LogP contribution is 2.62. The van der Waals surface area contributed by atoms with Gasteiger partial charge in [0.05, 0.1) is 0 Å². The maximum atomic E-state index is 12.7. The van der Waals surface area contributed by atoms with Crippen molar-refractivity contribution >= 4 is 28.8 Å². The lowest BCUT2D eigenvalue weighted by atomic mass is 9.51. The molecule has 0 aromatic rings. The second kappa shape index (κ2) is 7.43. The minimum absolute atomic E-state index is 0.164. The number of carbonyl (C=O) groups is 3. The molecule has 0 aliphatic heterocycles. The van der Waals surface area contributed by atoms with Crippen molar-refractivity contribution in [1.82, 2.24) is 10.6 Å². The molecule has 6 nitrogen and oxygen atoms in total. The molecule has 0 saturated heterocycles. The monoisotopic (exact) mass is 392 g/mol. The number of carbonyl (C=O) groups excluding carboxylic acids is 3. The molecule has 0 spiro atoms. The normalized spacial score (nSPS) is 34.6. The average molecular weight is 393 g/mol. The van der Waals surface area contributed by atoms with E-state index in [2.05, 4.69) is 23.8 Å². The van der Waals surface area contributed by atoms with E-state index in [-0.39, 0.29) is 33.6 Å². The van der Waals surface area contributed by atoms with Crippen LogP contribution in [0.15, 0.2) is 24.3 Å². The molecule has 4 saturated carbocycles. The van der Waals surface area contributed by atoms with Crippen molar-refractivity contribution in [2.75, 3.05) is 0 Å². The van der Waals surface area contributed by atoms with Crippen LogP contribution in [-0.4, -0.2) is 33.1 Å². The summed E-state index contributed by atoms with van der Waals surface area (Å²) in [5.74, 6) is 0.142. The zero-order valence-electron chi connectivity index (χ0n) is 15.9. The molecular formula is C20H28N2O4S. The van der Waals surface area contributed by atoms with E-state index in [9.17, 15) is 19.5 Å². The van der Waals surface area contributed by atoms with Crippen LogP contribution < -0.4 is 10.6 Å². The van der Waals surface area contributed by atoms with Gasteiger partial charge in [0.1, 0.15) is 6.23 Å². The van der Waals surface area contributed by atoms with Crippen LogP contribution >= 0.6 is 11.8 Å². The summed E-state index contributed by atoms with van der Waals surface area (Å²) in [4.78, 5) is 36.9. The van der Waals surface area contributed by atoms with Gasteiger partial charge < -0.3 is 10.4 Å². The molecular weight excluding hydrogens is 364 g/mol. The molecule has 0 aromatic carbocycles. The zero-order chi connectivity index (χ0) is 19.9. The lowest BCUT2D eigenvalue weighted by Gasteiger charge is -2.58. The summed E-state index contributed by atoms with van der Waals surface area (Å²) in [5.41, 5.74) is 0.820. The molecule has 3 atom stereocenters. The number of imide groups is 1. The van der Waals surface area contributed by atoms with Gasteiger partial charge in [-0.3, -0.25) is 19.7 Å². The summed E-state index contributed by atoms with van der Waals surface area (Å²) in [7, 11) is 0. The first kappa shape index (κ1) is 20.1. The van der Waals surface area contributed by atoms with Crippen molar-refractivity contribution in [2.45, 2.75) is 56.9 Å². The van der Waals surface area contributed by atoms with E-state index in [1.807, 2.05) is 0 Å². The summed E-state index contributed by atoms with van der Waals surface area (Å²) in [6.45, 7) is 10.5. The van der Waals surface area contributed by atoms with Crippen LogP contribution in [0.2, 0.25) is 0 Å². The maximum Gasteiger partial charge on any atom is 0.281 e. The Morgan fingerprint density at radius 2 is 1.70 bits per heavy atom. The quantitative estimate of drug-likeness (QED) is 0.380. The Labute approximate surface area is 164 Å². The first-order valence-corrected chi connectivity index (χ1v) is 10.3. The van der Waals surface area contributed by atoms with Gasteiger partial charge in [0.25, 0.3) is 11.1 Å². The van der Waals surface area contributed by atoms with Gasteiger partial charge in [-0.2, -0.15) is 0 Å². The largest absolute Gasteiger partial charge is 0.370 e. The van der Waals surface area contributed by atoms with E-state index < -0.39 is 12.1 Å². The Bertz CT molecular complexity index is 688. The topological polar surface area (TPSA) is 95.5 Å². The summed E-state index contributed by atoms with van der Waals surface area (Å²) < 4.78 is -0.176. The Balaban J connectivity index is 1.67. The fraction of sp³-hybridized carbons (Fsp3) is 0.650. The first-order chi connectivity index (χ1) is 12.6. The number of rotatable bonds is 5. The standard InChI is InChI=1S/C20H28N2O4S/c1-10(2)16(23)21-18(25)15-13-5-12-6-14(15)9-20(7-12,8-13)27-19(26)22-17(24)11(3)4/h12-15,17,24H,1,3,5-9H2,2,4H3,(H,22,26)(H,21,23,25). The highest BCUT2D eigenvalue weighted by atomic mass is 32.2. The zero-order valence-corrected chi connectivity index (χ0v) is 16.7. The van der Waals surface area contributed by atoms with Crippen LogP contribution in [0.3, 0.4) is 0 Å². The SMILES string of the molecule is C=C(C)C(=O)NC(=O)C1C2CC3CC1CC(SC(=O)NC(O)C(=C)C)(C3)C2. The van der Waals surface area contributed by atoms with Crippen molar-refractivity contribution in [1.29, 1.82) is 0 Å². The van der Waals surface area contributed by atoms with Crippen LogP contribution in [0.1, 0.15) is 46.0 Å². The Morgan fingerprint density at radius 1 is 1.11 bits per heavy atom. The molecule has 0 heterocycles. The molecule has 7 heteroatoms. The van der Waals surface area contributed by atoms with Crippen LogP contribution in [-0.2, 0) is 9.59 Å². The summed E-state index contributed by atoms with van der Waals surface area (Å²) in [5, 5.41) is 14.6. The van der Waals surface area contributed by atoms with Crippen molar-refractivity contribution in [3.05, 3.63) is 24.3 Å². The van der Waals surface area contributed by atoms with Crippen molar-refractivity contribution in [2.24, 2.45) is 23.7 Å². The number of nitrogens with one attached hydrogen (secondary N) is 2. The first-order valence-electron chi connectivity index (χ1n) is 9.44. The molecule has 3 N–H and O–H groups in total. The Morgan fingerprint density at radius 3 is 2.22 bits per heavy atom. The van der Waals surface area contributed by atoms with Crippen molar-refractivity contribution in [3.8, 4) is 0 Å². The van der Waals surface area contributed by atoms with E-state index in [1.54, 1.807) is 13.8 Å². The highest BCUT2D eigenvalue weighted by Gasteiger charge is 2.58. The number of aliphatic hydroxyl groups is 1. The molecule has 0 radical (unpaired) electrons. The lowest BCUT2D eigenvalue weighted by Crippen LogP contribution is -2.57. The molecule has 4 aliphatic carbocycles. The fourth-order valence-electron chi connectivity index (χ4n) is 5.27. The third-order valence-electron chi connectivity index (χ3n) is 6.17. The third-order valence-corrected chi connectivity index (χ3v) is 7.41. The molecule has 0 aromatic heterocycles. The number of aliphatic hydroxyl groups excluding tert-OH is 1. The smallest absolute Gasteiger partial charge is 0.281 e. The van der Waals surface area contributed by atoms with Crippen LogP contribution in [0.4, 0.5) is 4.79 Å². The third kappa shape index (κ3) is 4.14. The predicted molar refractivity (Wildman–Crippen MR) is 105 cm³/mol. The number of hydrogen-bond acceptors (Lipinski definition) is 5. The molecule has 4 rings (SSSR count). The van der Waals surface area contributed by atoms with Gasteiger partial charge in [-0.05, 0) is 69.3 Å². The van der Waals surface area contributed by atoms with Crippen LogP contribution in [0.5, 0.6) is 0 Å². The van der Waals surface area contributed by atoms with Crippen molar-refractivity contribution in [3.63, 3.8) is 0 Å².